The molecule has 0 spiro atoms. The highest BCUT2D eigenvalue weighted by molar-refractivity contribution is 7.12. The lowest BCUT2D eigenvalue weighted by atomic mass is 10.0. The van der Waals surface area contributed by atoms with Gasteiger partial charge in [0, 0.05) is 42.4 Å². The van der Waals surface area contributed by atoms with Gasteiger partial charge in [0.2, 0.25) is 5.91 Å². The maximum Gasteiger partial charge on any atom is 0.262 e. The number of carbonyl (C=O) groups is 2. The largest absolute Gasteiger partial charge is 0.488 e. The number of fused-ring (bicyclic) bond motifs is 1. The molecule has 0 aliphatic rings. The van der Waals surface area contributed by atoms with Crippen LogP contribution in [0.15, 0.2) is 66.2 Å². The molecule has 2 heterocycles. The molecule has 0 aliphatic carbocycles. The van der Waals surface area contributed by atoms with Crippen molar-refractivity contribution in [3.05, 3.63) is 82.4 Å². The van der Waals surface area contributed by atoms with Crippen molar-refractivity contribution in [2.45, 2.75) is 12.5 Å². The summed E-state index contributed by atoms with van der Waals surface area (Å²) >= 11 is 1.29. The van der Waals surface area contributed by atoms with Crippen LogP contribution < -0.4 is 15.4 Å². The maximum absolute atomic E-state index is 14.4. The van der Waals surface area contributed by atoms with Gasteiger partial charge in [-0.1, -0.05) is 24.3 Å². The molecule has 176 valence electrons. The van der Waals surface area contributed by atoms with Crippen molar-refractivity contribution in [3.63, 3.8) is 0 Å². The normalized spacial score (nSPS) is 11.8. The van der Waals surface area contributed by atoms with Crippen molar-refractivity contribution in [3.8, 4) is 5.75 Å². The Labute approximate surface area is 199 Å². The van der Waals surface area contributed by atoms with Gasteiger partial charge in [-0.3, -0.25) is 9.59 Å². The number of H-pyrrole nitrogens is 1. The van der Waals surface area contributed by atoms with E-state index < -0.39 is 17.8 Å². The van der Waals surface area contributed by atoms with Crippen LogP contribution in [0.25, 0.3) is 10.9 Å². The predicted molar refractivity (Wildman–Crippen MR) is 130 cm³/mol. The van der Waals surface area contributed by atoms with E-state index in [4.69, 9.17) is 9.47 Å². The molecule has 0 aliphatic heterocycles. The van der Waals surface area contributed by atoms with Gasteiger partial charge in [-0.15, -0.1) is 11.3 Å². The first-order valence-electron chi connectivity index (χ1n) is 10.7. The zero-order valence-electron chi connectivity index (χ0n) is 18.5. The Morgan fingerprint density at radius 2 is 1.97 bits per heavy atom. The van der Waals surface area contributed by atoms with Gasteiger partial charge in [0.25, 0.3) is 5.91 Å². The van der Waals surface area contributed by atoms with Gasteiger partial charge in [0.1, 0.15) is 12.6 Å². The van der Waals surface area contributed by atoms with E-state index in [1.165, 1.54) is 30.6 Å². The Bertz CT molecular complexity index is 1270. The molecule has 3 N–H and O–H groups in total. The number of aromatic nitrogens is 1. The SMILES string of the molecule is COCCOc1ccc(NC(=O)C(Cc2c[nH]c3ccccc23)NC(=O)c2cccs2)cc1F. The molecule has 1 unspecified atom stereocenters. The summed E-state index contributed by atoms with van der Waals surface area (Å²) in [7, 11) is 1.53. The van der Waals surface area contributed by atoms with Gasteiger partial charge in [-0.05, 0) is 35.2 Å². The first-order valence-corrected chi connectivity index (χ1v) is 11.5. The Hall–Kier alpha value is -3.69. The lowest BCUT2D eigenvalue weighted by Crippen LogP contribution is -2.45. The van der Waals surface area contributed by atoms with Crippen molar-refractivity contribution in [2.24, 2.45) is 0 Å². The van der Waals surface area contributed by atoms with Crippen LogP contribution in [0.4, 0.5) is 10.1 Å². The monoisotopic (exact) mass is 481 g/mol. The highest BCUT2D eigenvalue weighted by Crippen LogP contribution is 2.23. The standard InChI is InChI=1S/C25H24FN3O4S/c1-32-10-11-33-22-9-8-17(14-19(22)26)28-24(30)21(29-25(31)23-7-4-12-34-23)13-16-15-27-20-6-3-2-5-18(16)20/h2-9,12,14-15,21,27H,10-11,13H2,1H3,(H,28,30)(H,29,31). The van der Waals surface area contributed by atoms with E-state index in [0.29, 0.717) is 11.5 Å². The number of para-hydroxylation sites is 1. The maximum atomic E-state index is 14.4. The van der Waals surface area contributed by atoms with Gasteiger partial charge in [0.15, 0.2) is 11.6 Å². The number of hydrogen-bond acceptors (Lipinski definition) is 5. The Morgan fingerprint density at radius 3 is 2.74 bits per heavy atom. The van der Waals surface area contributed by atoms with Gasteiger partial charge >= 0.3 is 0 Å². The summed E-state index contributed by atoms with van der Waals surface area (Å²) in [6.07, 6.45) is 2.09. The molecule has 7 nitrogen and oxygen atoms in total. The number of ether oxygens (including phenoxy) is 2. The zero-order valence-corrected chi connectivity index (χ0v) is 19.3. The number of thiophene rings is 1. The van der Waals surface area contributed by atoms with E-state index in [1.54, 1.807) is 23.6 Å². The fourth-order valence-corrected chi connectivity index (χ4v) is 4.15. The quantitative estimate of drug-likeness (QED) is 0.293. The average Bonchev–Trinajstić information content (AvgIpc) is 3.51. The number of carbonyl (C=O) groups excluding carboxylic acids is 2. The van der Waals surface area contributed by atoms with E-state index >= 15 is 0 Å². The van der Waals surface area contributed by atoms with Crippen molar-refractivity contribution in [1.29, 1.82) is 0 Å². The molecule has 9 heteroatoms. The summed E-state index contributed by atoms with van der Waals surface area (Å²) in [5.41, 5.74) is 2.08. The summed E-state index contributed by atoms with van der Waals surface area (Å²) in [5.74, 6) is -1.34. The topological polar surface area (TPSA) is 92.4 Å². The second kappa shape index (κ2) is 11.0. The molecule has 4 aromatic rings. The van der Waals surface area contributed by atoms with Crippen LogP contribution in [0.5, 0.6) is 5.75 Å². The lowest BCUT2D eigenvalue weighted by molar-refractivity contribution is -0.118. The van der Waals surface area contributed by atoms with Crippen LogP contribution >= 0.6 is 11.3 Å². The second-order valence-corrected chi connectivity index (χ2v) is 8.49. The first-order chi connectivity index (χ1) is 16.5. The number of hydrogen-bond donors (Lipinski definition) is 3. The smallest absolute Gasteiger partial charge is 0.262 e. The zero-order chi connectivity index (χ0) is 23.9. The molecule has 2 aromatic heterocycles. The molecule has 0 fully saturated rings. The van der Waals surface area contributed by atoms with E-state index in [-0.39, 0.29) is 30.4 Å². The summed E-state index contributed by atoms with van der Waals surface area (Å²) in [6.45, 7) is 0.540. The average molecular weight is 482 g/mol. The van der Waals surface area contributed by atoms with Crippen LogP contribution in [0.1, 0.15) is 15.2 Å². The number of aromatic amines is 1. The number of rotatable bonds is 10. The number of halogens is 1. The minimum Gasteiger partial charge on any atom is -0.488 e. The lowest BCUT2D eigenvalue weighted by Gasteiger charge is -2.18. The van der Waals surface area contributed by atoms with Gasteiger partial charge in [-0.25, -0.2) is 4.39 Å². The van der Waals surface area contributed by atoms with Crippen LogP contribution in [-0.2, 0) is 16.0 Å². The van der Waals surface area contributed by atoms with E-state index in [0.717, 1.165) is 16.5 Å². The molecule has 2 amide bonds. The number of amides is 2. The Kier molecular flexibility index (Phi) is 7.56. The third kappa shape index (κ3) is 5.62. The minimum absolute atomic E-state index is 0.0661. The molecule has 0 radical (unpaired) electrons. The first kappa shape index (κ1) is 23.5. The predicted octanol–water partition coefficient (Wildman–Crippen LogP) is 4.37. The number of anilines is 1. The van der Waals surface area contributed by atoms with Gasteiger partial charge in [-0.2, -0.15) is 0 Å². The molecule has 34 heavy (non-hydrogen) atoms. The minimum atomic E-state index is -0.880. The van der Waals surface area contributed by atoms with Gasteiger partial charge < -0.3 is 25.1 Å². The fraction of sp³-hybridized carbons (Fsp3) is 0.200. The van der Waals surface area contributed by atoms with Crippen molar-refractivity contribution in [2.75, 3.05) is 25.6 Å². The van der Waals surface area contributed by atoms with Crippen LogP contribution in [0.2, 0.25) is 0 Å². The molecule has 1 atom stereocenters. The molecule has 0 saturated carbocycles. The number of methoxy groups -OCH3 is 1. The van der Waals surface area contributed by atoms with Crippen LogP contribution in [0, 0.1) is 5.82 Å². The summed E-state index contributed by atoms with van der Waals surface area (Å²) in [5, 5.41) is 8.29. The highest BCUT2D eigenvalue weighted by Gasteiger charge is 2.24. The van der Waals surface area contributed by atoms with E-state index in [2.05, 4.69) is 15.6 Å². The van der Waals surface area contributed by atoms with Crippen molar-refractivity contribution >= 4 is 39.7 Å². The molecule has 0 bridgehead atoms. The molecular formula is C25H24FN3O4S. The highest BCUT2D eigenvalue weighted by atomic mass is 32.1. The summed E-state index contributed by atoms with van der Waals surface area (Å²) in [4.78, 5) is 29.6. The third-order valence-corrected chi connectivity index (χ3v) is 6.08. The second-order valence-electron chi connectivity index (χ2n) is 7.54. The van der Waals surface area contributed by atoms with Crippen molar-refractivity contribution < 1.29 is 23.5 Å². The Morgan fingerprint density at radius 1 is 1.12 bits per heavy atom. The number of nitrogens with one attached hydrogen (secondary N) is 3. The van der Waals surface area contributed by atoms with Crippen LogP contribution in [-0.4, -0.2) is 43.2 Å². The van der Waals surface area contributed by atoms with E-state index in [9.17, 15) is 14.0 Å². The summed E-state index contributed by atoms with van der Waals surface area (Å²) < 4.78 is 24.6. The third-order valence-electron chi connectivity index (χ3n) is 5.21. The number of benzene rings is 2. The molecular weight excluding hydrogens is 457 g/mol. The fourth-order valence-electron chi connectivity index (χ4n) is 3.53. The van der Waals surface area contributed by atoms with Crippen molar-refractivity contribution in [1.82, 2.24) is 10.3 Å². The molecule has 4 rings (SSSR count). The Balaban J connectivity index is 1.52. The van der Waals surface area contributed by atoms with Crippen LogP contribution in [0.3, 0.4) is 0 Å². The molecule has 0 saturated heterocycles. The molecule has 2 aromatic carbocycles. The summed E-state index contributed by atoms with van der Waals surface area (Å²) in [6, 6.07) is 14.5. The van der Waals surface area contributed by atoms with E-state index in [1.807, 2.05) is 30.5 Å². The van der Waals surface area contributed by atoms with Gasteiger partial charge in [0.05, 0.1) is 11.5 Å².